The first kappa shape index (κ1) is 19.7. The number of nitrogens with zero attached hydrogens (tertiary/aromatic N) is 2. The molecule has 0 spiro atoms. The third-order valence-electron chi connectivity index (χ3n) is 4.90. The molecule has 2 aromatic carbocycles. The lowest BCUT2D eigenvalue weighted by molar-refractivity contribution is -0.115. The molecule has 1 saturated heterocycles. The number of aliphatic imine (C=N–C) groups is 1. The summed E-state index contributed by atoms with van der Waals surface area (Å²) in [6.07, 6.45) is 3.67. The van der Waals surface area contributed by atoms with E-state index in [1.165, 1.54) is 11.8 Å². The second-order valence-corrected chi connectivity index (χ2v) is 7.89. The molecule has 0 radical (unpaired) electrons. The number of hydrogen-bond acceptors (Lipinski definition) is 4. The first-order chi connectivity index (χ1) is 14.4. The van der Waals surface area contributed by atoms with Gasteiger partial charge in [0.1, 0.15) is 0 Å². The van der Waals surface area contributed by atoms with Crippen LogP contribution in [-0.2, 0) is 4.79 Å². The van der Waals surface area contributed by atoms with E-state index in [4.69, 9.17) is 5.11 Å². The van der Waals surface area contributed by atoms with Crippen LogP contribution in [0, 0.1) is 13.8 Å². The molecule has 1 aliphatic rings. The maximum Gasteiger partial charge on any atom is 0.335 e. The average molecular weight is 417 g/mol. The minimum atomic E-state index is -0.967. The van der Waals surface area contributed by atoms with Crippen LogP contribution in [0.3, 0.4) is 0 Å². The number of carboxylic acid groups (broad SMARTS) is 1. The Morgan fingerprint density at radius 2 is 1.87 bits per heavy atom. The Hall–Kier alpha value is -3.58. The Morgan fingerprint density at radius 1 is 1.10 bits per heavy atom. The third kappa shape index (κ3) is 3.92. The van der Waals surface area contributed by atoms with Crippen molar-refractivity contribution < 1.29 is 14.7 Å². The predicted molar refractivity (Wildman–Crippen MR) is 119 cm³/mol. The number of aromatic nitrogens is 1. The smallest absolute Gasteiger partial charge is 0.335 e. The van der Waals surface area contributed by atoms with E-state index in [2.05, 4.69) is 10.3 Å². The molecule has 30 heavy (non-hydrogen) atoms. The lowest BCUT2D eigenvalue weighted by atomic mass is 10.1. The summed E-state index contributed by atoms with van der Waals surface area (Å²) in [6, 6.07) is 16.3. The molecule has 1 amide bonds. The van der Waals surface area contributed by atoms with Gasteiger partial charge in [0.15, 0.2) is 5.17 Å². The molecule has 150 valence electrons. The zero-order valence-electron chi connectivity index (χ0n) is 16.4. The molecule has 2 N–H and O–H groups in total. The van der Waals surface area contributed by atoms with Gasteiger partial charge in [-0.25, -0.2) is 9.79 Å². The lowest BCUT2D eigenvalue weighted by Crippen LogP contribution is -2.19. The zero-order valence-corrected chi connectivity index (χ0v) is 17.2. The van der Waals surface area contributed by atoms with Crippen LogP contribution < -0.4 is 5.32 Å². The number of thioether (sulfide) groups is 1. The second kappa shape index (κ2) is 8.04. The lowest BCUT2D eigenvalue weighted by Gasteiger charge is -2.07. The molecule has 2 heterocycles. The van der Waals surface area contributed by atoms with Gasteiger partial charge >= 0.3 is 5.97 Å². The van der Waals surface area contributed by atoms with Crippen molar-refractivity contribution in [2.75, 3.05) is 0 Å². The zero-order chi connectivity index (χ0) is 21.3. The van der Waals surface area contributed by atoms with Gasteiger partial charge < -0.3 is 15.0 Å². The molecule has 6 nitrogen and oxygen atoms in total. The van der Waals surface area contributed by atoms with Crippen molar-refractivity contribution >= 4 is 40.6 Å². The van der Waals surface area contributed by atoms with Crippen molar-refractivity contribution in [1.82, 2.24) is 9.88 Å². The van der Waals surface area contributed by atoms with E-state index in [9.17, 15) is 9.59 Å². The maximum absolute atomic E-state index is 12.5. The minimum Gasteiger partial charge on any atom is -0.478 e. The van der Waals surface area contributed by atoms with Crippen molar-refractivity contribution in [3.05, 3.63) is 88.1 Å². The minimum absolute atomic E-state index is 0.196. The van der Waals surface area contributed by atoms with E-state index < -0.39 is 5.97 Å². The van der Waals surface area contributed by atoms with Gasteiger partial charge in [-0.05, 0) is 85.3 Å². The Morgan fingerprint density at radius 3 is 2.60 bits per heavy atom. The fourth-order valence-corrected chi connectivity index (χ4v) is 3.91. The van der Waals surface area contributed by atoms with Crippen LogP contribution in [0.4, 0.5) is 5.69 Å². The Bertz CT molecular complexity index is 1210. The molecule has 0 aliphatic carbocycles. The molecule has 1 aromatic heterocycles. The van der Waals surface area contributed by atoms with Crippen LogP contribution in [0.15, 0.2) is 70.7 Å². The predicted octanol–water partition coefficient (Wildman–Crippen LogP) is 4.68. The quantitative estimate of drug-likeness (QED) is 0.604. The van der Waals surface area contributed by atoms with Gasteiger partial charge in [-0.3, -0.25) is 4.79 Å². The summed E-state index contributed by atoms with van der Waals surface area (Å²) >= 11 is 1.30. The third-order valence-corrected chi connectivity index (χ3v) is 5.81. The van der Waals surface area contributed by atoms with Crippen molar-refractivity contribution in [2.24, 2.45) is 4.99 Å². The van der Waals surface area contributed by atoms with Crippen LogP contribution in [0.25, 0.3) is 11.8 Å². The van der Waals surface area contributed by atoms with Crippen molar-refractivity contribution in [3.8, 4) is 5.69 Å². The number of amidine groups is 1. The summed E-state index contributed by atoms with van der Waals surface area (Å²) in [4.78, 5) is 28.7. The number of rotatable bonds is 4. The second-order valence-electron chi connectivity index (χ2n) is 6.86. The summed E-state index contributed by atoms with van der Waals surface area (Å²) in [5.74, 6) is -1.16. The summed E-state index contributed by atoms with van der Waals surface area (Å²) in [5, 5.41) is 12.4. The molecule has 7 heteroatoms. The van der Waals surface area contributed by atoms with Crippen LogP contribution in [-0.4, -0.2) is 26.7 Å². The van der Waals surface area contributed by atoms with Crippen molar-refractivity contribution in [3.63, 3.8) is 0 Å². The first-order valence-corrected chi connectivity index (χ1v) is 10.1. The number of carboxylic acids is 1. The summed E-state index contributed by atoms with van der Waals surface area (Å²) < 4.78 is 1.90. The molecule has 0 unspecified atom stereocenters. The molecule has 0 saturated carbocycles. The van der Waals surface area contributed by atoms with Gasteiger partial charge in [-0.2, -0.15) is 0 Å². The first-order valence-electron chi connectivity index (χ1n) is 9.29. The van der Waals surface area contributed by atoms with E-state index in [1.54, 1.807) is 30.3 Å². The number of carbonyl (C=O) groups is 2. The highest BCUT2D eigenvalue weighted by Crippen LogP contribution is 2.30. The topological polar surface area (TPSA) is 83.7 Å². The molecule has 0 bridgehead atoms. The number of carbonyl (C=O) groups excluding carboxylic acids is 1. The van der Waals surface area contributed by atoms with Crippen LogP contribution >= 0.6 is 11.8 Å². The van der Waals surface area contributed by atoms with E-state index in [1.807, 2.05) is 54.9 Å². The molecule has 1 fully saturated rings. The maximum atomic E-state index is 12.5. The number of amides is 1. The molecular formula is C23H19N3O3S. The van der Waals surface area contributed by atoms with E-state index >= 15 is 0 Å². The van der Waals surface area contributed by atoms with Crippen LogP contribution in [0.2, 0.25) is 0 Å². The standard InChI is InChI=1S/C23H19N3O3S/c1-14-5-3-7-19(15(14)2)24-23-25-21(27)20(30-23)13-18-6-4-12-26(18)17-10-8-16(9-11-17)22(28)29/h3-13H,1-2H3,(H,28,29)(H,24,25,27)/b20-13-. The molecule has 4 rings (SSSR count). The van der Waals surface area contributed by atoms with Gasteiger partial charge in [-0.1, -0.05) is 12.1 Å². The molecular weight excluding hydrogens is 398 g/mol. The Balaban J connectivity index is 1.61. The number of benzene rings is 2. The normalized spacial score (nSPS) is 16.3. The summed E-state index contributed by atoms with van der Waals surface area (Å²) in [6.45, 7) is 4.04. The SMILES string of the molecule is Cc1cccc(N=C2NC(=O)/C(=C/c3cccn3-c3ccc(C(=O)O)cc3)S2)c1C. The van der Waals surface area contributed by atoms with Gasteiger partial charge in [0.2, 0.25) is 0 Å². The summed E-state index contributed by atoms with van der Waals surface area (Å²) in [5.41, 5.74) is 4.91. The average Bonchev–Trinajstić information content (AvgIpc) is 3.32. The fraction of sp³-hybridized carbons (Fsp3) is 0.0870. The molecule has 3 aromatic rings. The number of hydrogen-bond donors (Lipinski definition) is 2. The highest BCUT2D eigenvalue weighted by Gasteiger charge is 2.24. The van der Waals surface area contributed by atoms with E-state index in [0.29, 0.717) is 10.1 Å². The fourth-order valence-electron chi connectivity index (χ4n) is 3.09. The van der Waals surface area contributed by atoms with Gasteiger partial charge in [0, 0.05) is 17.6 Å². The largest absolute Gasteiger partial charge is 0.478 e. The van der Waals surface area contributed by atoms with Crippen LogP contribution in [0.5, 0.6) is 0 Å². The Labute approximate surface area is 178 Å². The number of aryl methyl sites for hydroxylation is 1. The van der Waals surface area contributed by atoms with Crippen LogP contribution in [0.1, 0.15) is 27.2 Å². The van der Waals surface area contributed by atoms with E-state index in [0.717, 1.165) is 28.2 Å². The van der Waals surface area contributed by atoms with Crippen molar-refractivity contribution in [1.29, 1.82) is 0 Å². The molecule has 0 atom stereocenters. The van der Waals surface area contributed by atoms with Gasteiger partial charge in [0.25, 0.3) is 5.91 Å². The monoisotopic (exact) mass is 417 g/mol. The highest BCUT2D eigenvalue weighted by atomic mass is 32.2. The van der Waals surface area contributed by atoms with Gasteiger partial charge in [-0.15, -0.1) is 0 Å². The number of nitrogens with one attached hydrogen (secondary N) is 1. The highest BCUT2D eigenvalue weighted by molar-refractivity contribution is 8.18. The molecule has 1 aliphatic heterocycles. The Kier molecular flexibility index (Phi) is 5.29. The van der Waals surface area contributed by atoms with E-state index in [-0.39, 0.29) is 11.5 Å². The van der Waals surface area contributed by atoms with Gasteiger partial charge in [0.05, 0.1) is 16.2 Å². The van der Waals surface area contributed by atoms with Crippen molar-refractivity contribution in [2.45, 2.75) is 13.8 Å². The summed E-state index contributed by atoms with van der Waals surface area (Å²) in [7, 11) is 0. The number of aromatic carboxylic acids is 1.